The summed E-state index contributed by atoms with van der Waals surface area (Å²) in [6.07, 6.45) is 1.88. The highest BCUT2D eigenvalue weighted by molar-refractivity contribution is 4.92. The third-order valence-corrected chi connectivity index (χ3v) is 2.35. The van der Waals surface area contributed by atoms with E-state index >= 15 is 0 Å². The summed E-state index contributed by atoms with van der Waals surface area (Å²) in [5.41, 5.74) is 5.80. The fourth-order valence-electron chi connectivity index (χ4n) is 1.42. The number of nitrogens with zero attached hydrogens (tertiary/aromatic N) is 2. The lowest BCUT2D eigenvalue weighted by Gasteiger charge is -2.11. The Hall–Kier alpha value is -0.590. The van der Waals surface area contributed by atoms with Crippen molar-refractivity contribution in [2.75, 3.05) is 20.1 Å². The van der Waals surface area contributed by atoms with Crippen molar-refractivity contribution in [3.8, 4) is 6.07 Å². The standard InChI is InChI=1S/C8H15N3/c1-11-4-2-7(6-9)8(10)3-5-11/h7-8H,2-5,10H2,1H3. The van der Waals surface area contributed by atoms with E-state index in [1.54, 1.807) is 0 Å². The number of likely N-dealkylation sites (tertiary alicyclic amines) is 1. The molecule has 2 N–H and O–H groups in total. The lowest BCUT2D eigenvalue weighted by molar-refractivity contribution is 0.346. The van der Waals surface area contributed by atoms with Gasteiger partial charge < -0.3 is 10.6 Å². The maximum Gasteiger partial charge on any atom is 0.0672 e. The van der Waals surface area contributed by atoms with Crippen molar-refractivity contribution in [3.63, 3.8) is 0 Å². The molecular formula is C8H15N3. The monoisotopic (exact) mass is 153 g/mol. The van der Waals surface area contributed by atoms with E-state index in [1.807, 2.05) is 0 Å². The van der Waals surface area contributed by atoms with E-state index in [0.717, 1.165) is 25.9 Å². The predicted molar refractivity (Wildman–Crippen MR) is 43.8 cm³/mol. The van der Waals surface area contributed by atoms with Gasteiger partial charge in [0.05, 0.1) is 12.0 Å². The topological polar surface area (TPSA) is 53.0 Å². The largest absolute Gasteiger partial charge is 0.326 e. The first-order chi connectivity index (χ1) is 5.24. The van der Waals surface area contributed by atoms with Crippen molar-refractivity contribution < 1.29 is 0 Å². The van der Waals surface area contributed by atoms with Crippen LogP contribution in [0.5, 0.6) is 0 Å². The summed E-state index contributed by atoms with van der Waals surface area (Å²) in [6, 6.07) is 2.35. The van der Waals surface area contributed by atoms with Crippen molar-refractivity contribution in [3.05, 3.63) is 0 Å². The molecule has 0 radical (unpaired) electrons. The SMILES string of the molecule is CN1CCC(N)C(C#N)CC1. The van der Waals surface area contributed by atoms with Crippen LogP contribution < -0.4 is 5.73 Å². The average Bonchev–Trinajstić information content (AvgIpc) is 2.15. The van der Waals surface area contributed by atoms with Crippen molar-refractivity contribution in [1.29, 1.82) is 5.26 Å². The van der Waals surface area contributed by atoms with Crippen molar-refractivity contribution in [2.24, 2.45) is 11.7 Å². The van der Waals surface area contributed by atoms with Gasteiger partial charge in [0.25, 0.3) is 0 Å². The number of nitrogens with two attached hydrogens (primary N) is 1. The molecule has 3 heteroatoms. The van der Waals surface area contributed by atoms with Crippen LogP contribution in [0.25, 0.3) is 0 Å². The van der Waals surface area contributed by atoms with Crippen LogP contribution in [0.4, 0.5) is 0 Å². The van der Waals surface area contributed by atoms with E-state index in [4.69, 9.17) is 11.0 Å². The Morgan fingerprint density at radius 3 is 2.73 bits per heavy atom. The fraction of sp³-hybridized carbons (Fsp3) is 0.875. The maximum atomic E-state index is 8.72. The Balaban J connectivity index is 2.50. The molecule has 1 rings (SSSR count). The number of nitriles is 1. The van der Waals surface area contributed by atoms with E-state index in [9.17, 15) is 0 Å². The van der Waals surface area contributed by atoms with Crippen LogP contribution in [0.3, 0.4) is 0 Å². The van der Waals surface area contributed by atoms with Crippen LogP contribution in [0, 0.1) is 17.2 Å². The second-order valence-corrected chi connectivity index (χ2v) is 3.28. The van der Waals surface area contributed by atoms with Gasteiger partial charge in [-0.2, -0.15) is 5.26 Å². The highest BCUT2D eigenvalue weighted by Gasteiger charge is 2.21. The van der Waals surface area contributed by atoms with Crippen molar-refractivity contribution >= 4 is 0 Å². The summed E-state index contributed by atoms with van der Waals surface area (Å²) in [5.74, 6) is 0.0694. The second-order valence-electron chi connectivity index (χ2n) is 3.28. The van der Waals surface area contributed by atoms with Gasteiger partial charge in [0.1, 0.15) is 0 Å². The predicted octanol–water partition coefficient (Wildman–Crippen LogP) is 0.179. The number of hydrogen-bond donors (Lipinski definition) is 1. The normalized spacial score (nSPS) is 34.3. The molecular weight excluding hydrogens is 138 g/mol. The molecule has 1 aliphatic heterocycles. The van der Waals surface area contributed by atoms with E-state index in [0.29, 0.717) is 0 Å². The van der Waals surface area contributed by atoms with Gasteiger partial charge in [-0.15, -0.1) is 0 Å². The molecule has 0 spiro atoms. The molecule has 1 aliphatic rings. The summed E-state index contributed by atoms with van der Waals surface area (Å²) in [7, 11) is 2.08. The summed E-state index contributed by atoms with van der Waals surface area (Å²) < 4.78 is 0. The van der Waals surface area contributed by atoms with Gasteiger partial charge in [0.2, 0.25) is 0 Å². The minimum Gasteiger partial charge on any atom is -0.326 e. The molecule has 0 aromatic heterocycles. The van der Waals surface area contributed by atoms with Crippen LogP contribution >= 0.6 is 0 Å². The molecule has 0 bridgehead atoms. The molecule has 0 aromatic rings. The van der Waals surface area contributed by atoms with Crippen molar-refractivity contribution in [2.45, 2.75) is 18.9 Å². The molecule has 62 valence electrons. The first-order valence-electron chi connectivity index (χ1n) is 4.08. The second kappa shape index (κ2) is 3.70. The van der Waals surface area contributed by atoms with E-state index in [2.05, 4.69) is 18.0 Å². The van der Waals surface area contributed by atoms with Gasteiger partial charge in [-0.25, -0.2) is 0 Å². The van der Waals surface area contributed by atoms with Crippen LogP contribution in [0.1, 0.15) is 12.8 Å². The first kappa shape index (κ1) is 8.51. The molecule has 0 aromatic carbocycles. The zero-order valence-corrected chi connectivity index (χ0v) is 6.95. The summed E-state index contributed by atoms with van der Waals surface area (Å²) in [5, 5.41) is 8.72. The number of rotatable bonds is 0. The van der Waals surface area contributed by atoms with Crippen LogP contribution in [0.15, 0.2) is 0 Å². The molecule has 2 atom stereocenters. The highest BCUT2D eigenvalue weighted by Crippen LogP contribution is 2.14. The first-order valence-corrected chi connectivity index (χ1v) is 4.08. The average molecular weight is 153 g/mol. The molecule has 1 fully saturated rings. The Kier molecular flexibility index (Phi) is 2.86. The molecule has 1 saturated heterocycles. The minimum atomic E-state index is 0.0694. The van der Waals surface area contributed by atoms with Gasteiger partial charge in [-0.05, 0) is 33.0 Å². The van der Waals surface area contributed by atoms with Gasteiger partial charge in [0.15, 0.2) is 0 Å². The van der Waals surface area contributed by atoms with Crippen LogP contribution in [-0.2, 0) is 0 Å². The van der Waals surface area contributed by atoms with Gasteiger partial charge in [0, 0.05) is 6.04 Å². The Morgan fingerprint density at radius 1 is 1.45 bits per heavy atom. The van der Waals surface area contributed by atoms with E-state index in [1.165, 1.54) is 0 Å². The van der Waals surface area contributed by atoms with Crippen molar-refractivity contribution in [1.82, 2.24) is 4.90 Å². The molecule has 0 amide bonds. The third kappa shape index (κ3) is 2.18. The maximum absolute atomic E-state index is 8.72. The fourth-order valence-corrected chi connectivity index (χ4v) is 1.42. The quantitative estimate of drug-likeness (QED) is 0.540. The minimum absolute atomic E-state index is 0.0694. The molecule has 1 heterocycles. The Labute approximate surface area is 67.8 Å². The molecule has 11 heavy (non-hydrogen) atoms. The van der Waals surface area contributed by atoms with Gasteiger partial charge in [-0.3, -0.25) is 0 Å². The smallest absolute Gasteiger partial charge is 0.0672 e. The van der Waals surface area contributed by atoms with E-state index < -0.39 is 0 Å². The van der Waals surface area contributed by atoms with Crippen LogP contribution in [0.2, 0.25) is 0 Å². The zero-order valence-electron chi connectivity index (χ0n) is 6.95. The van der Waals surface area contributed by atoms with Crippen LogP contribution in [-0.4, -0.2) is 31.1 Å². The molecule has 3 nitrogen and oxygen atoms in total. The summed E-state index contributed by atoms with van der Waals surface area (Å²) in [6.45, 7) is 2.03. The zero-order chi connectivity index (χ0) is 8.27. The van der Waals surface area contributed by atoms with E-state index in [-0.39, 0.29) is 12.0 Å². The lowest BCUT2D eigenvalue weighted by atomic mass is 9.98. The summed E-state index contributed by atoms with van der Waals surface area (Å²) >= 11 is 0. The summed E-state index contributed by atoms with van der Waals surface area (Å²) in [4.78, 5) is 2.23. The Morgan fingerprint density at radius 2 is 2.09 bits per heavy atom. The molecule has 0 saturated carbocycles. The number of hydrogen-bond acceptors (Lipinski definition) is 3. The van der Waals surface area contributed by atoms with Gasteiger partial charge >= 0.3 is 0 Å². The molecule has 0 aliphatic carbocycles. The highest BCUT2D eigenvalue weighted by atomic mass is 15.1. The lowest BCUT2D eigenvalue weighted by Crippen LogP contribution is -2.29. The third-order valence-electron chi connectivity index (χ3n) is 2.35. The molecule has 2 unspecified atom stereocenters. The van der Waals surface area contributed by atoms with Gasteiger partial charge in [-0.1, -0.05) is 0 Å². The Bertz CT molecular complexity index is 161.